The van der Waals surface area contributed by atoms with E-state index in [0.29, 0.717) is 24.2 Å². The van der Waals surface area contributed by atoms with Crippen LogP contribution >= 0.6 is 0 Å². The van der Waals surface area contributed by atoms with Gasteiger partial charge in [-0.2, -0.15) is 0 Å². The Morgan fingerprint density at radius 2 is 2.00 bits per heavy atom. The van der Waals surface area contributed by atoms with Crippen LogP contribution in [0.15, 0.2) is 47.0 Å². The summed E-state index contributed by atoms with van der Waals surface area (Å²) in [5.41, 5.74) is 3.71. The molecular formula is C19H20N4O2. The summed E-state index contributed by atoms with van der Waals surface area (Å²) in [4.78, 5) is 6.65. The zero-order valence-electron chi connectivity index (χ0n) is 14.3. The standard InChI is InChI=1S/C19H20N4O2/c1-13-21-22-19(25-13)17-10-14-6-3-4-7-15(14)11-23(17)12-16-8-5-9-20-18(16)24-2/h3-9,17H,10-12H2,1-2H3. The van der Waals surface area contributed by atoms with E-state index in [-0.39, 0.29) is 6.04 Å². The molecule has 25 heavy (non-hydrogen) atoms. The molecule has 1 unspecified atom stereocenters. The molecule has 0 spiro atoms. The summed E-state index contributed by atoms with van der Waals surface area (Å²) >= 11 is 0. The molecule has 3 heterocycles. The van der Waals surface area contributed by atoms with Crippen LogP contribution < -0.4 is 4.74 Å². The molecule has 6 heteroatoms. The lowest BCUT2D eigenvalue weighted by Gasteiger charge is -2.35. The van der Waals surface area contributed by atoms with E-state index < -0.39 is 0 Å². The predicted molar refractivity (Wildman–Crippen MR) is 92.0 cm³/mol. The molecular weight excluding hydrogens is 316 g/mol. The zero-order chi connectivity index (χ0) is 17.2. The first-order valence-corrected chi connectivity index (χ1v) is 8.33. The van der Waals surface area contributed by atoms with Gasteiger partial charge in [-0.05, 0) is 23.6 Å². The highest BCUT2D eigenvalue weighted by Crippen LogP contribution is 2.34. The smallest absolute Gasteiger partial charge is 0.233 e. The highest BCUT2D eigenvalue weighted by atomic mass is 16.5. The lowest BCUT2D eigenvalue weighted by atomic mass is 9.93. The van der Waals surface area contributed by atoms with E-state index in [0.717, 1.165) is 18.5 Å². The number of methoxy groups -OCH3 is 1. The first-order chi connectivity index (χ1) is 12.2. The van der Waals surface area contributed by atoms with Gasteiger partial charge in [-0.15, -0.1) is 10.2 Å². The van der Waals surface area contributed by atoms with Crippen LogP contribution in [0.5, 0.6) is 5.88 Å². The second-order valence-corrected chi connectivity index (χ2v) is 6.22. The maximum absolute atomic E-state index is 5.75. The number of nitrogens with zero attached hydrogens (tertiary/aromatic N) is 4. The fourth-order valence-corrected chi connectivity index (χ4v) is 3.38. The summed E-state index contributed by atoms with van der Waals surface area (Å²) < 4.78 is 11.2. The maximum Gasteiger partial charge on any atom is 0.233 e. The van der Waals surface area contributed by atoms with Crippen molar-refractivity contribution < 1.29 is 9.15 Å². The Kier molecular flexibility index (Phi) is 4.19. The van der Waals surface area contributed by atoms with Gasteiger partial charge in [0.1, 0.15) is 0 Å². The monoisotopic (exact) mass is 336 g/mol. The van der Waals surface area contributed by atoms with Crippen LogP contribution in [0.4, 0.5) is 0 Å². The molecule has 1 atom stereocenters. The van der Waals surface area contributed by atoms with Crippen LogP contribution in [0.3, 0.4) is 0 Å². The molecule has 1 aliphatic heterocycles. The van der Waals surface area contributed by atoms with Crippen molar-refractivity contribution in [1.82, 2.24) is 20.1 Å². The highest BCUT2D eigenvalue weighted by molar-refractivity contribution is 5.32. The fourth-order valence-electron chi connectivity index (χ4n) is 3.38. The van der Waals surface area contributed by atoms with Crippen molar-refractivity contribution in [3.8, 4) is 5.88 Å². The molecule has 2 aromatic heterocycles. The number of hydrogen-bond donors (Lipinski definition) is 0. The van der Waals surface area contributed by atoms with Crippen molar-refractivity contribution >= 4 is 0 Å². The van der Waals surface area contributed by atoms with Crippen molar-refractivity contribution in [3.63, 3.8) is 0 Å². The minimum Gasteiger partial charge on any atom is -0.481 e. The summed E-state index contributed by atoms with van der Waals surface area (Å²) in [5.74, 6) is 1.91. The summed E-state index contributed by atoms with van der Waals surface area (Å²) in [6.07, 6.45) is 2.59. The lowest BCUT2D eigenvalue weighted by molar-refractivity contribution is 0.135. The van der Waals surface area contributed by atoms with E-state index in [2.05, 4.69) is 44.3 Å². The summed E-state index contributed by atoms with van der Waals surface area (Å²) in [5, 5.41) is 8.28. The number of aromatic nitrogens is 3. The summed E-state index contributed by atoms with van der Waals surface area (Å²) in [6, 6.07) is 12.5. The average Bonchev–Trinajstić information content (AvgIpc) is 3.08. The lowest BCUT2D eigenvalue weighted by Crippen LogP contribution is -2.34. The van der Waals surface area contributed by atoms with Crippen LogP contribution in [0.1, 0.15) is 34.5 Å². The normalized spacial score (nSPS) is 17.3. The molecule has 0 fully saturated rings. The summed E-state index contributed by atoms with van der Waals surface area (Å²) in [7, 11) is 1.65. The van der Waals surface area contributed by atoms with E-state index in [1.165, 1.54) is 11.1 Å². The third kappa shape index (κ3) is 3.13. The molecule has 0 aliphatic carbocycles. The van der Waals surface area contributed by atoms with Gasteiger partial charge in [0.15, 0.2) is 0 Å². The van der Waals surface area contributed by atoms with E-state index in [1.54, 1.807) is 13.3 Å². The Morgan fingerprint density at radius 3 is 2.76 bits per heavy atom. The molecule has 0 radical (unpaired) electrons. The van der Waals surface area contributed by atoms with Crippen molar-refractivity contribution in [2.75, 3.05) is 7.11 Å². The molecule has 0 N–H and O–H groups in total. The molecule has 0 bridgehead atoms. The SMILES string of the molecule is COc1ncccc1CN1Cc2ccccc2CC1c1nnc(C)o1. The van der Waals surface area contributed by atoms with Crippen LogP contribution in [-0.4, -0.2) is 27.2 Å². The van der Waals surface area contributed by atoms with Gasteiger partial charge in [0.25, 0.3) is 0 Å². The molecule has 0 saturated carbocycles. The maximum atomic E-state index is 5.75. The van der Waals surface area contributed by atoms with Gasteiger partial charge in [-0.3, -0.25) is 4.90 Å². The summed E-state index contributed by atoms with van der Waals surface area (Å²) in [6.45, 7) is 3.35. The van der Waals surface area contributed by atoms with Crippen LogP contribution in [-0.2, 0) is 19.5 Å². The van der Waals surface area contributed by atoms with Crippen LogP contribution in [0.25, 0.3) is 0 Å². The van der Waals surface area contributed by atoms with Gasteiger partial charge in [0.05, 0.1) is 13.2 Å². The fraction of sp³-hybridized carbons (Fsp3) is 0.316. The zero-order valence-corrected chi connectivity index (χ0v) is 14.3. The van der Waals surface area contributed by atoms with Crippen LogP contribution in [0, 0.1) is 6.92 Å². The molecule has 4 rings (SSSR count). The van der Waals surface area contributed by atoms with E-state index >= 15 is 0 Å². The molecule has 1 aromatic carbocycles. The first-order valence-electron chi connectivity index (χ1n) is 8.33. The van der Waals surface area contributed by atoms with Gasteiger partial charge in [-0.1, -0.05) is 30.3 Å². The minimum absolute atomic E-state index is 0.0426. The second-order valence-electron chi connectivity index (χ2n) is 6.22. The van der Waals surface area contributed by atoms with E-state index in [1.807, 2.05) is 19.1 Å². The van der Waals surface area contributed by atoms with Gasteiger partial charge >= 0.3 is 0 Å². The van der Waals surface area contributed by atoms with Crippen molar-refractivity contribution in [1.29, 1.82) is 0 Å². The number of hydrogen-bond acceptors (Lipinski definition) is 6. The molecule has 0 amide bonds. The second kappa shape index (κ2) is 6.64. The quantitative estimate of drug-likeness (QED) is 0.729. The molecule has 128 valence electrons. The van der Waals surface area contributed by atoms with Gasteiger partial charge in [0, 0.05) is 31.8 Å². The topological polar surface area (TPSA) is 64.3 Å². The van der Waals surface area contributed by atoms with Gasteiger partial charge in [0.2, 0.25) is 17.7 Å². The highest BCUT2D eigenvalue weighted by Gasteiger charge is 2.31. The molecule has 0 saturated heterocycles. The number of rotatable bonds is 4. The number of aryl methyl sites for hydroxylation is 1. The van der Waals surface area contributed by atoms with Crippen molar-refractivity contribution in [2.24, 2.45) is 0 Å². The molecule has 1 aliphatic rings. The minimum atomic E-state index is 0.0426. The van der Waals surface area contributed by atoms with Gasteiger partial charge in [-0.25, -0.2) is 4.98 Å². The Hall–Kier alpha value is -2.73. The predicted octanol–water partition coefficient (Wildman–Crippen LogP) is 3.08. The third-order valence-electron chi connectivity index (χ3n) is 4.59. The van der Waals surface area contributed by atoms with E-state index in [4.69, 9.17) is 9.15 Å². The van der Waals surface area contributed by atoms with E-state index in [9.17, 15) is 0 Å². The Balaban J connectivity index is 1.69. The molecule has 3 aromatic rings. The van der Waals surface area contributed by atoms with Crippen molar-refractivity contribution in [2.45, 2.75) is 32.5 Å². The first kappa shape index (κ1) is 15.8. The number of pyridine rings is 1. The number of benzene rings is 1. The Morgan fingerprint density at radius 1 is 1.16 bits per heavy atom. The number of fused-ring (bicyclic) bond motifs is 1. The third-order valence-corrected chi connectivity index (χ3v) is 4.59. The Bertz CT molecular complexity index is 877. The Labute approximate surface area is 146 Å². The van der Waals surface area contributed by atoms with Gasteiger partial charge < -0.3 is 9.15 Å². The molecule has 6 nitrogen and oxygen atoms in total. The van der Waals surface area contributed by atoms with Crippen molar-refractivity contribution in [3.05, 3.63) is 71.1 Å². The largest absolute Gasteiger partial charge is 0.481 e. The number of ether oxygens (including phenoxy) is 1. The average molecular weight is 336 g/mol. The van der Waals surface area contributed by atoms with Crippen LogP contribution in [0.2, 0.25) is 0 Å².